The Bertz CT molecular complexity index is 507. The Hall–Kier alpha value is -2.17. The first-order valence-corrected chi connectivity index (χ1v) is 6.17. The van der Waals surface area contributed by atoms with Crippen LogP contribution in [-0.4, -0.2) is 23.8 Å². The van der Waals surface area contributed by atoms with Crippen LogP contribution in [0.2, 0.25) is 0 Å². The lowest BCUT2D eigenvalue weighted by molar-refractivity contribution is -0.124. The molecule has 1 saturated carbocycles. The Kier molecular flexibility index (Phi) is 3.94. The fraction of sp³-hybridized carbons (Fsp3) is 0.357. The Morgan fingerprint density at radius 2 is 1.95 bits per heavy atom. The molecule has 1 amide bonds. The van der Waals surface area contributed by atoms with Gasteiger partial charge in [-0.25, -0.2) is 4.79 Å². The quantitative estimate of drug-likeness (QED) is 0.844. The molecule has 0 bridgehead atoms. The summed E-state index contributed by atoms with van der Waals surface area (Å²) in [5.74, 6) is -0.690. The van der Waals surface area contributed by atoms with E-state index in [0.29, 0.717) is 24.1 Å². The number of hydrogen-bond donors (Lipinski definition) is 1. The second-order valence-corrected chi connectivity index (χ2v) is 4.51. The van der Waals surface area contributed by atoms with Gasteiger partial charge in [-0.3, -0.25) is 9.59 Å². The molecule has 0 saturated heterocycles. The number of rotatable bonds is 3. The van der Waals surface area contributed by atoms with Crippen molar-refractivity contribution < 1.29 is 19.1 Å². The first-order valence-electron chi connectivity index (χ1n) is 6.17. The molecule has 1 atom stereocenters. The molecule has 0 radical (unpaired) electrons. The van der Waals surface area contributed by atoms with Crippen LogP contribution in [0.4, 0.5) is 5.69 Å². The Morgan fingerprint density at radius 3 is 2.47 bits per heavy atom. The lowest BCUT2D eigenvalue weighted by Gasteiger charge is -2.10. The van der Waals surface area contributed by atoms with Gasteiger partial charge in [0.2, 0.25) is 5.91 Å². The predicted octanol–water partition coefficient (Wildman–Crippen LogP) is 1.92. The SMILES string of the molecule is CC(=O)Nc1ccc(C(=O)O[C@@H]2CCCC2=O)cc1. The van der Waals surface area contributed by atoms with Crippen molar-refractivity contribution >= 4 is 23.3 Å². The maximum Gasteiger partial charge on any atom is 0.338 e. The average molecular weight is 261 g/mol. The van der Waals surface area contributed by atoms with Crippen molar-refractivity contribution in [2.45, 2.75) is 32.3 Å². The highest BCUT2D eigenvalue weighted by molar-refractivity contribution is 5.94. The van der Waals surface area contributed by atoms with Crippen molar-refractivity contribution in [2.75, 3.05) is 5.32 Å². The Labute approximate surface area is 110 Å². The lowest BCUT2D eigenvalue weighted by atomic mass is 10.2. The van der Waals surface area contributed by atoms with Crippen molar-refractivity contribution in [2.24, 2.45) is 0 Å². The normalized spacial score (nSPS) is 18.2. The number of nitrogens with one attached hydrogen (secondary N) is 1. The standard InChI is InChI=1S/C14H15NO4/c1-9(16)15-11-7-5-10(6-8-11)14(18)19-13-4-2-3-12(13)17/h5-8,13H,2-4H2,1H3,(H,15,16)/t13-/m1/s1. The fourth-order valence-corrected chi connectivity index (χ4v) is 2.00. The zero-order valence-electron chi connectivity index (χ0n) is 10.6. The van der Waals surface area contributed by atoms with E-state index in [1.165, 1.54) is 6.92 Å². The van der Waals surface area contributed by atoms with Gasteiger partial charge in [-0.1, -0.05) is 0 Å². The molecule has 100 valence electrons. The van der Waals surface area contributed by atoms with Crippen molar-refractivity contribution in [3.8, 4) is 0 Å². The molecule has 0 spiro atoms. The first kappa shape index (κ1) is 13.3. The summed E-state index contributed by atoms with van der Waals surface area (Å²) in [4.78, 5) is 34.1. The molecule has 5 heteroatoms. The molecular formula is C14H15NO4. The van der Waals surface area contributed by atoms with Crippen LogP contribution in [0.15, 0.2) is 24.3 Å². The third-order valence-electron chi connectivity index (χ3n) is 2.94. The van der Waals surface area contributed by atoms with Crippen molar-refractivity contribution in [3.63, 3.8) is 0 Å². The summed E-state index contributed by atoms with van der Waals surface area (Å²) >= 11 is 0. The third kappa shape index (κ3) is 3.40. The van der Waals surface area contributed by atoms with Gasteiger partial charge < -0.3 is 10.1 Å². The molecule has 1 aromatic carbocycles. The Balaban J connectivity index is 1.99. The molecule has 1 aliphatic carbocycles. The molecule has 5 nitrogen and oxygen atoms in total. The maximum atomic E-state index is 11.8. The minimum Gasteiger partial charge on any atom is -0.451 e. The topological polar surface area (TPSA) is 72.5 Å². The van der Waals surface area contributed by atoms with Gasteiger partial charge in [0, 0.05) is 19.0 Å². The number of hydrogen-bond acceptors (Lipinski definition) is 4. The van der Waals surface area contributed by atoms with E-state index in [-0.39, 0.29) is 11.7 Å². The number of anilines is 1. The second kappa shape index (κ2) is 5.65. The zero-order chi connectivity index (χ0) is 13.8. The number of amides is 1. The second-order valence-electron chi connectivity index (χ2n) is 4.51. The van der Waals surface area contributed by atoms with Gasteiger partial charge >= 0.3 is 5.97 Å². The predicted molar refractivity (Wildman–Crippen MR) is 68.8 cm³/mol. The monoisotopic (exact) mass is 261 g/mol. The highest BCUT2D eigenvalue weighted by Crippen LogP contribution is 2.19. The molecule has 0 aromatic heterocycles. The van der Waals surface area contributed by atoms with E-state index < -0.39 is 12.1 Å². The van der Waals surface area contributed by atoms with E-state index in [4.69, 9.17) is 4.74 Å². The highest BCUT2D eigenvalue weighted by Gasteiger charge is 2.28. The molecule has 19 heavy (non-hydrogen) atoms. The summed E-state index contributed by atoms with van der Waals surface area (Å²) in [5, 5.41) is 2.61. The van der Waals surface area contributed by atoms with E-state index in [1.54, 1.807) is 24.3 Å². The first-order chi connectivity index (χ1) is 9.06. The Morgan fingerprint density at radius 1 is 1.26 bits per heavy atom. The van der Waals surface area contributed by atoms with Crippen LogP contribution >= 0.6 is 0 Å². The fourth-order valence-electron chi connectivity index (χ4n) is 2.00. The van der Waals surface area contributed by atoms with Crippen LogP contribution in [0.5, 0.6) is 0 Å². The maximum absolute atomic E-state index is 11.8. The van der Waals surface area contributed by atoms with E-state index in [2.05, 4.69) is 5.32 Å². The molecule has 0 unspecified atom stereocenters. The van der Waals surface area contributed by atoms with E-state index in [1.807, 2.05) is 0 Å². The summed E-state index contributed by atoms with van der Waals surface area (Å²) in [7, 11) is 0. The van der Waals surface area contributed by atoms with Crippen molar-refractivity contribution in [1.82, 2.24) is 0 Å². The van der Waals surface area contributed by atoms with Crippen LogP contribution < -0.4 is 5.32 Å². The minimum atomic E-state index is -0.595. The molecule has 0 heterocycles. The van der Waals surface area contributed by atoms with Gasteiger partial charge in [0.25, 0.3) is 0 Å². The van der Waals surface area contributed by atoms with Crippen LogP contribution in [0, 0.1) is 0 Å². The number of esters is 1. The van der Waals surface area contributed by atoms with Gasteiger partial charge in [0.15, 0.2) is 11.9 Å². The highest BCUT2D eigenvalue weighted by atomic mass is 16.5. The van der Waals surface area contributed by atoms with Gasteiger partial charge in [-0.15, -0.1) is 0 Å². The van der Waals surface area contributed by atoms with E-state index in [9.17, 15) is 14.4 Å². The zero-order valence-corrected chi connectivity index (χ0v) is 10.6. The lowest BCUT2D eigenvalue weighted by Crippen LogP contribution is -2.22. The van der Waals surface area contributed by atoms with Crippen LogP contribution in [0.25, 0.3) is 0 Å². The molecule has 1 N–H and O–H groups in total. The average Bonchev–Trinajstić information content (AvgIpc) is 2.75. The molecule has 1 aromatic rings. The van der Waals surface area contributed by atoms with Crippen LogP contribution in [0.3, 0.4) is 0 Å². The smallest absolute Gasteiger partial charge is 0.338 e. The van der Waals surface area contributed by atoms with Crippen LogP contribution in [-0.2, 0) is 14.3 Å². The van der Waals surface area contributed by atoms with Gasteiger partial charge in [-0.05, 0) is 37.1 Å². The van der Waals surface area contributed by atoms with Crippen LogP contribution in [0.1, 0.15) is 36.5 Å². The number of ketones is 1. The number of Topliss-reactive ketones (excluding diaryl/α,β-unsaturated/α-hetero) is 1. The summed E-state index contributed by atoms with van der Waals surface area (Å²) in [6.07, 6.45) is 1.27. The van der Waals surface area contributed by atoms with Crippen molar-refractivity contribution in [3.05, 3.63) is 29.8 Å². The molecule has 1 fully saturated rings. The number of benzene rings is 1. The summed E-state index contributed by atoms with van der Waals surface area (Å²) in [5.41, 5.74) is 0.981. The molecular weight excluding hydrogens is 246 g/mol. The molecule has 1 aliphatic rings. The summed E-state index contributed by atoms with van der Waals surface area (Å²) in [6, 6.07) is 6.36. The third-order valence-corrected chi connectivity index (χ3v) is 2.94. The minimum absolute atomic E-state index is 0.0109. The van der Waals surface area contributed by atoms with E-state index >= 15 is 0 Å². The largest absolute Gasteiger partial charge is 0.451 e. The van der Waals surface area contributed by atoms with Gasteiger partial charge in [0.05, 0.1) is 5.56 Å². The molecule has 0 aliphatic heterocycles. The van der Waals surface area contributed by atoms with E-state index in [0.717, 1.165) is 6.42 Å². The number of carbonyl (C=O) groups excluding carboxylic acids is 3. The van der Waals surface area contributed by atoms with Crippen molar-refractivity contribution in [1.29, 1.82) is 0 Å². The summed E-state index contributed by atoms with van der Waals surface area (Å²) < 4.78 is 5.15. The van der Waals surface area contributed by atoms with Gasteiger partial charge in [0.1, 0.15) is 0 Å². The number of ether oxygens (including phenoxy) is 1. The van der Waals surface area contributed by atoms with Gasteiger partial charge in [-0.2, -0.15) is 0 Å². The molecule has 2 rings (SSSR count). The summed E-state index contributed by atoms with van der Waals surface area (Å²) in [6.45, 7) is 1.41. The number of carbonyl (C=O) groups is 3.